The SMILES string of the molecule is Cc1ncc(CN(C)C)c(C2CCCN2Cc2ccn[nH]2)n1. The Kier molecular flexibility index (Phi) is 4.49. The highest BCUT2D eigenvalue weighted by Gasteiger charge is 2.29. The molecular weight excluding hydrogens is 276 g/mol. The molecule has 1 fully saturated rings. The van der Waals surface area contributed by atoms with Crippen molar-refractivity contribution in [2.24, 2.45) is 0 Å². The maximum atomic E-state index is 4.78. The van der Waals surface area contributed by atoms with E-state index in [2.05, 4.69) is 39.1 Å². The van der Waals surface area contributed by atoms with Gasteiger partial charge in [0.15, 0.2) is 0 Å². The molecule has 0 aliphatic carbocycles. The fourth-order valence-electron chi connectivity index (χ4n) is 3.18. The Morgan fingerprint density at radius 3 is 3.00 bits per heavy atom. The van der Waals surface area contributed by atoms with Crippen LogP contribution in [0.3, 0.4) is 0 Å². The average Bonchev–Trinajstić information content (AvgIpc) is 3.12. The van der Waals surface area contributed by atoms with Crippen LogP contribution in [0.5, 0.6) is 0 Å². The number of aromatic amines is 1. The van der Waals surface area contributed by atoms with Crippen molar-refractivity contribution in [2.75, 3.05) is 20.6 Å². The molecule has 1 aliphatic heterocycles. The normalized spacial score (nSPS) is 19.2. The molecule has 118 valence electrons. The molecule has 1 saturated heterocycles. The van der Waals surface area contributed by atoms with Gasteiger partial charge in [0.25, 0.3) is 0 Å². The average molecular weight is 300 g/mol. The molecule has 0 spiro atoms. The van der Waals surface area contributed by atoms with Gasteiger partial charge in [0.05, 0.1) is 11.7 Å². The van der Waals surface area contributed by atoms with Gasteiger partial charge in [-0.3, -0.25) is 10.00 Å². The van der Waals surface area contributed by atoms with Gasteiger partial charge in [0, 0.05) is 36.7 Å². The summed E-state index contributed by atoms with van der Waals surface area (Å²) in [5.41, 5.74) is 3.59. The lowest BCUT2D eigenvalue weighted by Crippen LogP contribution is -2.26. The van der Waals surface area contributed by atoms with Gasteiger partial charge in [-0.2, -0.15) is 5.10 Å². The zero-order chi connectivity index (χ0) is 15.5. The predicted molar refractivity (Wildman–Crippen MR) is 85.1 cm³/mol. The van der Waals surface area contributed by atoms with E-state index in [-0.39, 0.29) is 0 Å². The molecule has 0 aromatic carbocycles. The van der Waals surface area contributed by atoms with Gasteiger partial charge in [-0.15, -0.1) is 0 Å². The van der Waals surface area contributed by atoms with E-state index in [4.69, 9.17) is 4.98 Å². The number of H-pyrrole nitrogens is 1. The third-order valence-corrected chi connectivity index (χ3v) is 4.12. The zero-order valence-corrected chi connectivity index (χ0v) is 13.6. The van der Waals surface area contributed by atoms with E-state index in [0.717, 1.165) is 37.6 Å². The van der Waals surface area contributed by atoms with Gasteiger partial charge in [-0.05, 0) is 46.5 Å². The second-order valence-corrected chi connectivity index (χ2v) is 6.28. The molecule has 3 heterocycles. The summed E-state index contributed by atoms with van der Waals surface area (Å²) in [6.07, 6.45) is 6.17. The molecule has 0 radical (unpaired) electrons. The predicted octanol–water partition coefficient (Wildman–Crippen LogP) is 1.91. The first kappa shape index (κ1) is 15.1. The van der Waals surface area contributed by atoms with Crippen LogP contribution in [0, 0.1) is 6.92 Å². The van der Waals surface area contributed by atoms with Crippen LogP contribution in [-0.4, -0.2) is 50.6 Å². The molecule has 0 saturated carbocycles. The van der Waals surface area contributed by atoms with Crippen LogP contribution >= 0.6 is 0 Å². The molecule has 0 amide bonds. The van der Waals surface area contributed by atoms with Gasteiger partial charge in [-0.25, -0.2) is 9.97 Å². The second kappa shape index (κ2) is 6.54. The van der Waals surface area contributed by atoms with Crippen LogP contribution < -0.4 is 0 Å². The molecule has 6 nitrogen and oxygen atoms in total. The largest absolute Gasteiger partial charge is 0.305 e. The number of rotatable bonds is 5. The van der Waals surface area contributed by atoms with Gasteiger partial charge < -0.3 is 4.90 Å². The van der Waals surface area contributed by atoms with Crippen LogP contribution in [0.25, 0.3) is 0 Å². The Labute approximate surface area is 131 Å². The Balaban J connectivity index is 1.86. The summed E-state index contributed by atoms with van der Waals surface area (Å²) in [6, 6.07) is 2.42. The van der Waals surface area contributed by atoms with Crippen molar-refractivity contribution < 1.29 is 0 Å². The topological polar surface area (TPSA) is 60.9 Å². The van der Waals surface area contributed by atoms with Crippen LogP contribution in [0.15, 0.2) is 18.5 Å². The fraction of sp³-hybridized carbons (Fsp3) is 0.562. The number of nitrogens with zero attached hydrogens (tertiary/aromatic N) is 5. The van der Waals surface area contributed by atoms with E-state index < -0.39 is 0 Å². The Morgan fingerprint density at radius 2 is 2.27 bits per heavy atom. The number of aromatic nitrogens is 4. The Bertz CT molecular complexity index is 607. The third kappa shape index (κ3) is 3.34. The van der Waals surface area contributed by atoms with Crippen molar-refractivity contribution in [1.29, 1.82) is 0 Å². The number of aryl methyl sites for hydroxylation is 1. The van der Waals surface area contributed by atoms with E-state index in [9.17, 15) is 0 Å². The van der Waals surface area contributed by atoms with Crippen LogP contribution in [-0.2, 0) is 13.1 Å². The number of likely N-dealkylation sites (tertiary alicyclic amines) is 1. The minimum atomic E-state index is 0.375. The van der Waals surface area contributed by atoms with E-state index >= 15 is 0 Å². The van der Waals surface area contributed by atoms with Gasteiger partial charge in [-0.1, -0.05) is 0 Å². The van der Waals surface area contributed by atoms with Crippen molar-refractivity contribution in [3.05, 3.63) is 41.2 Å². The summed E-state index contributed by atoms with van der Waals surface area (Å²) in [5.74, 6) is 0.853. The third-order valence-electron chi connectivity index (χ3n) is 4.12. The van der Waals surface area contributed by atoms with Gasteiger partial charge in [0.1, 0.15) is 5.82 Å². The number of hydrogen-bond acceptors (Lipinski definition) is 5. The summed E-state index contributed by atoms with van der Waals surface area (Å²) in [4.78, 5) is 13.8. The monoisotopic (exact) mass is 300 g/mol. The lowest BCUT2D eigenvalue weighted by molar-refractivity contribution is 0.238. The van der Waals surface area contributed by atoms with Crippen molar-refractivity contribution in [2.45, 2.75) is 38.9 Å². The smallest absolute Gasteiger partial charge is 0.125 e. The molecular formula is C16H24N6. The maximum Gasteiger partial charge on any atom is 0.125 e. The lowest BCUT2D eigenvalue weighted by atomic mass is 10.1. The first-order chi connectivity index (χ1) is 10.6. The van der Waals surface area contributed by atoms with Crippen LogP contribution in [0.4, 0.5) is 0 Å². The van der Waals surface area contributed by atoms with Crippen molar-refractivity contribution in [1.82, 2.24) is 30.0 Å². The van der Waals surface area contributed by atoms with E-state index in [1.54, 1.807) is 0 Å². The maximum absolute atomic E-state index is 4.78. The summed E-state index contributed by atoms with van der Waals surface area (Å²) in [5, 5.41) is 7.11. The minimum Gasteiger partial charge on any atom is -0.305 e. The van der Waals surface area contributed by atoms with E-state index in [1.165, 1.54) is 17.7 Å². The van der Waals surface area contributed by atoms with Crippen molar-refractivity contribution >= 4 is 0 Å². The molecule has 22 heavy (non-hydrogen) atoms. The van der Waals surface area contributed by atoms with Crippen molar-refractivity contribution in [3.63, 3.8) is 0 Å². The zero-order valence-electron chi connectivity index (χ0n) is 13.6. The van der Waals surface area contributed by atoms with Gasteiger partial charge >= 0.3 is 0 Å². The fourth-order valence-corrected chi connectivity index (χ4v) is 3.18. The Morgan fingerprint density at radius 1 is 1.41 bits per heavy atom. The van der Waals surface area contributed by atoms with Gasteiger partial charge in [0.2, 0.25) is 0 Å². The van der Waals surface area contributed by atoms with Crippen LogP contribution in [0.2, 0.25) is 0 Å². The summed E-state index contributed by atoms with van der Waals surface area (Å²) < 4.78 is 0. The highest BCUT2D eigenvalue weighted by molar-refractivity contribution is 5.22. The van der Waals surface area contributed by atoms with Crippen LogP contribution in [0.1, 0.15) is 41.7 Å². The lowest BCUT2D eigenvalue weighted by Gasteiger charge is -2.26. The molecule has 1 atom stereocenters. The Hall–Kier alpha value is -1.79. The molecule has 0 bridgehead atoms. The standard InChI is InChI=1S/C16H24N6/c1-12-17-9-13(10-21(2)3)16(19-12)15-5-4-8-22(15)11-14-6-7-18-20-14/h6-7,9,15H,4-5,8,10-11H2,1-3H3,(H,18,20). The van der Waals surface area contributed by atoms with E-state index in [1.807, 2.05) is 25.4 Å². The molecule has 2 aromatic heterocycles. The quantitative estimate of drug-likeness (QED) is 0.914. The molecule has 1 N–H and O–H groups in total. The molecule has 3 rings (SSSR count). The van der Waals surface area contributed by atoms with Crippen molar-refractivity contribution in [3.8, 4) is 0 Å². The highest BCUT2D eigenvalue weighted by atomic mass is 15.2. The summed E-state index contributed by atoms with van der Waals surface area (Å²) in [6.45, 7) is 4.85. The number of hydrogen-bond donors (Lipinski definition) is 1. The molecule has 2 aromatic rings. The summed E-state index contributed by atoms with van der Waals surface area (Å²) in [7, 11) is 4.17. The number of nitrogens with one attached hydrogen (secondary N) is 1. The molecule has 1 aliphatic rings. The molecule has 6 heteroatoms. The molecule has 1 unspecified atom stereocenters. The first-order valence-electron chi connectivity index (χ1n) is 7.83. The first-order valence-corrected chi connectivity index (χ1v) is 7.83. The minimum absolute atomic E-state index is 0.375. The van der Waals surface area contributed by atoms with E-state index in [0.29, 0.717) is 6.04 Å². The highest BCUT2D eigenvalue weighted by Crippen LogP contribution is 2.33. The second-order valence-electron chi connectivity index (χ2n) is 6.28. The summed E-state index contributed by atoms with van der Waals surface area (Å²) >= 11 is 0.